The van der Waals surface area contributed by atoms with Crippen molar-refractivity contribution in [2.45, 2.75) is 97.2 Å². The van der Waals surface area contributed by atoms with Crippen molar-refractivity contribution in [2.75, 3.05) is 0 Å². The smallest absolute Gasteiger partial charge is 0.293 e. The maximum atomic E-state index is 5.92. The van der Waals surface area contributed by atoms with Crippen molar-refractivity contribution >= 4 is 20.1 Å². The summed E-state index contributed by atoms with van der Waals surface area (Å²) >= 11 is 4.61. The van der Waals surface area contributed by atoms with Crippen molar-refractivity contribution < 1.29 is 4.65 Å². The SMILES string of the molecule is CCCCC(CCC[B]OC(C)(C)C(C)(C)S)C(C)C. The topological polar surface area (TPSA) is 9.23 Å². The summed E-state index contributed by atoms with van der Waals surface area (Å²) in [4.78, 5) is 0. The lowest BCUT2D eigenvalue weighted by atomic mass is 9.81. The molecule has 0 aliphatic heterocycles. The molecule has 0 bridgehead atoms. The van der Waals surface area contributed by atoms with Crippen LogP contribution in [0.2, 0.25) is 6.32 Å². The first-order valence-electron chi connectivity index (χ1n) is 8.33. The highest BCUT2D eigenvalue weighted by Gasteiger charge is 2.34. The van der Waals surface area contributed by atoms with Gasteiger partial charge in [-0.25, -0.2) is 0 Å². The molecule has 0 amide bonds. The van der Waals surface area contributed by atoms with Gasteiger partial charge in [0, 0.05) is 4.75 Å². The number of unbranched alkanes of at least 4 members (excludes halogenated alkanes) is 1. The monoisotopic (exact) mass is 299 g/mol. The molecule has 0 aromatic carbocycles. The summed E-state index contributed by atoms with van der Waals surface area (Å²) < 4.78 is 5.78. The van der Waals surface area contributed by atoms with E-state index in [1.807, 2.05) is 7.48 Å². The van der Waals surface area contributed by atoms with Gasteiger partial charge >= 0.3 is 0 Å². The molecule has 3 heteroatoms. The van der Waals surface area contributed by atoms with Gasteiger partial charge in [-0.05, 0) is 39.5 Å². The van der Waals surface area contributed by atoms with Crippen molar-refractivity contribution in [3.63, 3.8) is 0 Å². The van der Waals surface area contributed by atoms with E-state index in [1.165, 1.54) is 32.1 Å². The predicted molar refractivity (Wildman–Crippen MR) is 95.9 cm³/mol. The molecule has 1 unspecified atom stereocenters. The minimum Gasteiger partial charge on any atom is -0.434 e. The van der Waals surface area contributed by atoms with Gasteiger partial charge in [-0.15, -0.1) is 0 Å². The molecule has 0 aliphatic carbocycles. The summed E-state index contributed by atoms with van der Waals surface area (Å²) in [5, 5.41) is 0. The molecule has 0 aliphatic rings. The lowest BCUT2D eigenvalue weighted by Gasteiger charge is -2.38. The molecule has 0 rings (SSSR count). The molecule has 20 heavy (non-hydrogen) atoms. The molecule has 1 atom stereocenters. The average molecular weight is 299 g/mol. The van der Waals surface area contributed by atoms with E-state index in [-0.39, 0.29) is 10.3 Å². The van der Waals surface area contributed by atoms with Crippen LogP contribution in [0.15, 0.2) is 0 Å². The van der Waals surface area contributed by atoms with Gasteiger partial charge in [0.25, 0.3) is 7.48 Å². The Balaban J connectivity index is 3.90. The fourth-order valence-corrected chi connectivity index (χ4v) is 2.20. The van der Waals surface area contributed by atoms with Gasteiger partial charge in [0.1, 0.15) is 0 Å². The first-order valence-corrected chi connectivity index (χ1v) is 8.78. The number of hydrogen-bond acceptors (Lipinski definition) is 2. The van der Waals surface area contributed by atoms with E-state index < -0.39 is 0 Å². The second-order valence-corrected chi connectivity index (χ2v) is 8.55. The van der Waals surface area contributed by atoms with E-state index in [0.717, 1.165) is 18.2 Å². The molecule has 0 aromatic heterocycles. The minimum atomic E-state index is -0.226. The van der Waals surface area contributed by atoms with Crippen molar-refractivity contribution in [1.29, 1.82) is 0 Å². The Morgan fingerprint density at radius 2 is 1.60 bits per heavy atom. The van der Waals surface area contributed by atoms with Gasteiger partial charge in [0.2, 0.25) is 0 Å². The predicted octanol–water partition coefficient (Wildman–Crippen LogP) is 5.77. The molecule has 0 heterocycles. The highest BCUT2D eigenvalue weighted by Crippen LogP contribution is 2.31. The Kier molecular flexibility index (Phi) is 9.58. The molecule has 0 N–H and O–H groups in total. The molecule has 0 spiro atoms. The molecular formula is C17H36BOS. The summed E-state index contributed by atoms with van der Waals surface area (Å²) in [7, 11) is 2.00. The van der Waals surface area contributed by atoms with Crippen LogP contribution in [0.5, 0.6) is 0 Å². The number of hydrogen-bond donors (Lipinski definition) is 1. The van der Waals surface area contributed by atoms with Crippen LogP contribution < -0.4 is 0 Å². The van der Waals surface area contributed by atoms with Crippen LogP contribution in [-0.4, -0.2) is 17.8 Å². The van der Waals surface area contributed by atoms with Crippen LogP contribution in [0, 0.1) is 11.8 Å². The Hall–Kier alpha value is 0.375. The third kappa shape index (κ3) is 7.97. The van der Waals surface area contributed by atoms with E-state index >= 15 is 0 Å². The quantitative estimate of drug-likeness (QED) is 0.289. The number of thiol groups is 1. The highest BCUT2D eigenvalue weighted by molar-refractivity contribution is 7.81. The Bertz CT molecular complexity index is 246. The third-order valence-corrected chi connectivity index (χ3v) is 5.16. The zero-order chi connectivity index (χ0) is 15.8. The summed E-state index contributed by atoms with van der Waals surface area (Å²) in [6.45, 7) is 15.4. The van der Waals surface area contributed by atoms with Gasteiger partial charge in [-0.3, -0.25) is 0 Å². The zero-order valence-corrected chi connectivity index (χ0v) is 15.7. The highest BCUT2D eigenvalue weighted by atomic mass is 32.1. The van der Waals surface area contributed by atoms with Crippen molar-refractivity contribution in [1.82, 2.24) is 0 Å². The van der Waals surface area contributed by atoms with E-state index in [2.05, 4.69) is 61.1 Å². The summed E-state index contributed by atoms with van der Waals surface area (Å²) in [6, 6.07) is 0. The third-order valence-electron chi connectivity index (χ3n) is 4.62. The van der Waals surface area contributed by atoms with Gasteiger partial charge in [-0.2, -0.15) is 12.6 Å². The van der Waals surface area contributed by atoms with Crippen LogP contribution in [0.3, 0.4) is 0 Å². The molecule has 0 saturated heterocycles. The van der Waals surface area contributed by atoms with E-state index in [9.17, 15) is 0 Å². The van der Waals surface area contributed by atoms with Crippen molar-refractivity contribution in [3.05, 3.63) is 0 Å². The first-order chi connectivity index (χ1) is 9.12. The fraction of sp³-hybridized carbons (Fsp3) is 1.00. The maximum Gasteiger partial charge on any atom is 0.293 e. The van der Waals surface area contributed by atoms with Crippen molar-refractivity contribution in [2.24, 2.45) is 11.8 Å². The van der Waals surface area contributed by atoms with Gasteiger partial charge in [-0.1, -0.05) is 59.2 Å². The Morgan fingerprint density at radius 3 is 2.05 bits per heavy atom. The Labute approximate surface area is 134 Å². The lowest BCUT2D eigenvalue weighted by molar-refractivity contribution is 0.0822. The second kappa shape index (κ2) is 9.40. The van der Waals surface area contributed by atoms with Crippen LogP contribution in [0.1, 0.15) is 80.6 Å². The molecule has 119 valence electrons. The van der Waals surface area contributed by atoms with Crippen LogP contribution in [0.4, 0.5) is 0 Å². The zero-order valence-electron chi connectivity index (χ0n) is 14.8. The number of rotatable bonds is 11. The maximum absolute atomic E-state index is 5.92. The molecule has 1 radical (unpaired) electrons. The van der Waals surface area contributed by atoms with Gasteiger partial charge < -0.3 is 4.65 Å². The van der Waals surface area contributed by atoms with Crippen molar-refractivity contribution in [3.8, 4) is 0 Å². The summed E-state index contributed by atoms with van der Waals surface area (Å²) in [6.07, 6.45) is 7.65. The fourth-order valence-electron chi connectivity index (χ4n) is 2.15. The van der Waals surface area contributed by atoms with Crippen LogP contribution >= 0.6 is 12.6 Å². The van der Waals surface area contributed by atoms with Crippen LogP contribution in [-0.2, 0) is 4.65 Å². The molecule has 0 aromatic rings. The largest absolute Gasteiger partial charge is 0.434 e. The lowest BCUT2D eigenvalue weighted by Crippen LogP contribution is -2.44. The molecular weight excluding hydrogens is 263 g/mol. The average Bonchev–Trinajstić information content (AvgIpc) is 2.30. The minimum absolute atomic E-state index is 0.134. The Morgan fingerprint density at radius 1 is 1.05 bits per heavy atom. The van der Waals surface area contributed by atoms with Crippen LogP contribution in [0.25, 0.3) is 0 Å². The first kappa shape index (κ1) is 20.4. The standard InChI is InChI=1S/C17H36BOS/c1-8-9-11-15(14(2)3)12-10-13-18-19-16(4,5)17(6,7)20/h14-15,20H,8-13H2,1-7H3. The molecule has 1 nitrogen and oxygen atoms in total. The summed E-state index contributed by atoms with van der Waals surface area (Å²) in [5.41, 5.74) is -0.226. The van der Waals surface area contributed by atoms with E-state index in [4.69, 9.17) is 4.65 Å². The summed E-state index contributed by atoms with van der Waals surface area (Å²) in [5.74, 6) is 1.67. The second-order valence-electron chi connectivity index (χ2n) is 7.43. The normalized spacial score (nSPS) is 14.7. The molecule has 0 fully saturated rings. The van der Waals surface area contributed by atoms with Gasteiger partial charge in [0.05, 0.1) is 5.60 Å². The van der Waals surface area contributed by atoms with Gasteiger partial charge in [0.15, 0.2) is 0 Å². The molecule has 0 saturated carbocycles. The van der Waals surface area contributed by atoms with E-state index in [1.54, 1.807) is 0 Å². The van der Waals surface area contributed by atoms with E-state index in [0.29, 0.717) is 0 Å².